The van der Waals surface area contributed by atoms with Gasteiger partial charge in [-0.3, -0.25) is 4.79 Å². The van der Waals surface area contributed by atoms with E-state index in [0.29, 0.717) is 31.0 Å². The summed E-state index contributed by atoms with van der Waals surface area (Å²) < 4.78 is 6.18. The summed E-state index contributed by atoms with van der Waals surface area (Å²) in [5.74, 6) is 0.655. The molecule has 1 aromatic heterocycles. The largest absolute Gasteiger partial charge is 0.493 e. The van der Waals surface area contributed by atoms with Crippen LogP contribution >= 0.6 is 22.9 Å². The highest BCUT2D eigenvalue weighted by molar-refractivity contribution is 7.16. The maximum absolute atomic E-state index is 11.6. The first-order valence-electron chi connectivity index (χ1n) is 6.13. The summed E-state index contributed by atoms with van der Waals surface area (Å²) in [6.45, 7) is 0.832. The van der Waals surface area contributed by atoms with E-state index in [9.17, 15) is 4.79 Å². The number of anilines is 1. The number of thiophene rings is 1. The van der Waals surface area contributed by atoms with Gasteiger partial charge in [-0.25, -0.2) is 0 Å². The smallest absolute Gasteiger partial charge is 0.223 e. The molecular formula is C14H15ClN2O2S. The minimum atomic E-state index is -0.0510. The van der Waals surface area contributed by atoms with E-state index >= 15 is 0 Å². The molecule has 2 aromatic rings. The van der Waals surface area contributed by atoms with Gasteiger partial charge in [0.25, 0.3) is 0 Å². The number of ether oxygens (including phenoxy) is 1. The molecule has 0 spiro atoms. The molecule has 3 N–H and O–H groups in total. The third kappa shape index (κ3) is 4.75. The van der Waals surface area contributed by atoms with Gasteiger partial charge < -0.3 is 15.8 Å². The first-order chi connectivity index (χ1) is 9.63. The first-order valence-corrected chi connectivity index (χ1v) is 7.32. The van der Waals surface area contributed by atoms with Gasteiger partial charge in [0.05, 0.1) is 23.9 Å². The van der Waals surface area contributed by atoms with Crippen molar-refractivity contribution in [2.24, 2.45) is 0 Å². The monoisotopic (exact) mass is 310 g/mol. The van der Waals surface area contributed by atoms with Crippen LogP contribution in [0.3, 0.4) is 0 Å². The van der Waals surface area contributed by atoms with Crippen LogP contribution in [0.15, 0.2) is 36.4 Å². The van der Waals surface area contributed by atoms with Crippen molar-refractivity contribution in [1.82, 2.24) is 5.32 Å². The van der Waals surface area contributed by atoms with Crippen molar-refractivity contribution in [1.29, 1.82) is 0 Å². The predicted octanol–water partition coefficient (Wildman–Crippen LogP) is 3.07. The molecule has 0 aliphatic heterocycles. The van der Waals surface area contributed by atoms with Gasteiger partial charge in [-0.15, -0.1) is 11.3 Å². The molecule has 0 saturated carbocycles. The van der Waals surface area contributed by atoms with Crippen molar-refractivity contribution in [3.8, 4) is 5.75 Å². The predicted molar refractivity (Wildman–Crippen MR) is 82.1 cm³/mol. The first kappa shape index (κ1) is 14.7. The van der Waals surface area contributed by atoms with E-state index in [0.717, 1.165) is 9.21 Å². The summed E-state index contributed by atoms with van der Waals surface area (Å²) in [5, 5.41) is 2.82. The number of rotatable bonds is 6. The molecule has 2 rings (SSSR count). The number of nitrogen functional groups attached to an aromatic ring is 1. The number of nitrogens with two attached hydrogens (primary N) is 1. The van der Waals surface area contributed by atoms with E-state index < -0.39 is 0 Å². The third-order valence-electron chi connectivity index (χ3n) is 2.57. The molecule has 4 nitrogen and oxygen atoms in total. The molecule has 20 heavy (non-hydrogen) atoms. The fourth-order valence-electron chi connectivity index (χ4n) is 1.55. The zero-order valence-corrected chi connectivity index (χ0v) is 12.3. The highest BCUT2D eigenvalue weighted by atomic mass is 35.5. The lowest BCUT2D eigenvalue weighted by molar-refractivity contribution is -0.121. The van der Waals surface area contributed by atoms with Crippen LogP contribution in [-0.4, -0.2) is 12.5 Å². The minimum absolute atomic E-state index is 0.0510. The highest BCUT2D eigenvalue weighted by Crippen LogP contribution is 2.21. The lowest BCUT2D eigenvalue weighted by Gasteiger charge is -2.07. The van der Waals surface area contributed by atoms with E-state index in [-0.39, 0.29) is 5.91 Å². The Bertz CT molecular complexity index is 569. The molecule has 6 heteroatoms. The Balaban J connectivity index is 1.66. The molecule has 0 unspecified atom stereocenters. The number of nitrogens with one attached hydrogen (secondary N) is 1. The summed E-state index contributed by atoms with van der Waals surface area (Å²) in [5.41, 5.74) is 6.26. The summed E-state index contributed by atoms with van der Waals surface area (Å²) in [6, 6.07) is 10.8. The van der Waals surface area contributed by atoms with Crippen molar-refractivity contribution < 1.29 is 9.53 Å². The molecule has 0 aliphatic carbocycles. The number of hydrogen-bond acceptors (Lipinski definition) is 4. The molecule has 1 aromatic carbocycles. The lowest BCUT2D eigenvalue weighted by atomic mass is 10.3. The third-order valence-corrected chi connectivity index (χ3v) is 3.80. The van der Waals surface area contributed by atoms with Gasteiger partial charge in [-0.05, 0) is 36.4 Å². The molecule has 1 amide bonds. The number of hydrogen-bond donors (Lipinski definition) is 2. The Morgan fingerprint density at radius 2 is 2.00 bits per heavy atom. The van der Waals surface area contributed by atoms with Crippen LogP contribution in [-0.2, 0) is 11.3 Å². The molecule has 0 saturated heterocycles. The number of benzene rings is 1. The molecular weight excluding hydrogens is 296 g/mol. The van der Waals surface area contributed by atoms with Crippen LogP contribution in [0.1, 0.15) is 11.3 Å². The Morgan fingerprint density at radius 1 is 1.25 bits per heavy atom. The highest BCUT2D eigenvalue weighted by Gasteiger charge is 2.03. The van der Waals surface area contributed by atoms with Crippen molar-refractivity contribution in [2.45, 2.75) is 13.0 Å². The Labute approximate surface area is 126 Å². The molecule has 106 valence electrons. The van der Waals surface area contributed by atoms with Gasteiger partial charge in [0, 0.05) is 10.6 Å². The fourth-order valence-corrected chi connectivity index (χ4v) is 2.57. The van der Waals surface area contributed by atoms with Gasteiger partial charge in [0.2, 0.25) is 5.91 Å². The van der Waals surface area contributed by atoms with Crippen LogP contribution in [0.4, 0.5) is 5.69 Å². The van der Waals surface area contributed by atoms with Crippen LogP contribution in [0.25, 0.3) is 0 Å². The number of carbonyl (C=O) groups is 1. The normalized spacial score (nSPS) is 10.2. The van der Waals surface area contributed by atoms with Crippen molar-refractivity contribution in [2.75, 3.05) is 12.3 Å². The fraction of sp³-hybridized carbons (Fsp3) is 0.214. The average Bonchev–Trinajstić information content (AvgIpc) is 2.85. The van der Waals surface area contributed by atoms with Crippen molar-refractivity contribution in [3.63, 3.8) is 0 Å². The zero-order valence-electron chi connectivity index (χ0n) is 10.8. The second kappa shape index (κ2) is 7.17. The molecule has 1 heterocycles. The number of carbonyl (C=O) groups excluding carboxylic acids is 1. The molecule has 0 radical (unpaired) electrons. The van der Waals surface area contributed by atoms with Gasteiger partial charge in [0.15, 0.2) is 0 Å². The Morgan fingerprint density at radius 3 is 2.65 bits per heavy atom. The van der Waals surface area contributed by atoms with E-state index in [4.69, 9.17) is 22.1 Å². The van der Waals surface area contributed by atoms with Crippen molar-refractivity contribution >= 4 is 34.5 Å². The van der Waals surface area contributed by atoms with Crippen LogP contribution < -0.4 is 15.8 Å². The molecule has 0 bridgehead atoms. The van der Waals surface area contributed by atoms with Gasteiger partial charge >= 0.3 is 0 Å². The maximum Gasteiger partial charge on any atom is 0.223 e. The standard InChI is InChI=1S/C14H15ClN2O2S/c15-13-6-5-12(20-13)9-17-14(18)7-8-19-11-3-1-10(16)2-4-11/h1-6H,7-9,16H2,(H,17,18). The second-order valence-corrected chi connectivity index (χ2v) is 5.95. The quantitative estimate of drug-likeness (QED) is 0.806. The maximum atomic E-state index is 11.6. The summed E-state index contributed by atoms with van der Waals surface area (Å²) >= 11 is 7.27. The second-order valence-electron chi connectivity index (χ2n) is 4.15. The van der Waals surface area contributed by atoms with Gasteiger partial charge in [0.1, 0.15) is 5.75 Å². The van der Waals surface area contributed by atoms with E-state index in [2.05, 4.69) is 5.32 Å². The van der Waals surface area contributed by atoms with Crippen LogP contribution in [0, 0.1) is 0 Å². The SMILES string of the molecule is Nc1ccc(OCCC(=O)NCc2ccc(Cl)s2)cc1. The van der Waals surface area contributed by atoms with E-state index in [1.165, 1.54) is 11.3 Å². The molecule has 0 fully saturated rings. The summed E-state index contributed by atoms with van der Waals surface area (Å²) in [4.78, 5) is 12.7. The lowest BCUT2D eigenvalue weighted by Crippen LogP contribution is -2.23. The summed E-state index contributed by atoms with van der Waals surface area (Å²) in [7, 11) is 0. The Kier molecular flexibility index (Phi) is 5.26. The topological polar surface area (TPSA) is 64.3 Å². The Hall–Kier alpha value is -1.72. The minimum Gasteiger partial charge on any atom is -0.493 e. The molecule has 0 atom stereocenters. The number of amides is 1. The van der Waals surface area contributed by atoms with E-state index in [1.54, 1.807) is 24.3 Å². The van der Waals surface area contributed by atoms with Gasteiger partial charge in [-0.2, -0.15) is 0 Å². The van der Waals surface area contributed by atoms with Crippen LogP contribution in [0.2, 0.25) is 4.34 Å². The zero-order chi connectivity index (χ0) is 14.4. The van der Waals surface area contributed by atoms with Gasteiger partial charge in [-0.1, -0.05) is 11.6 Å². The number of halogens is 1. The summed E-state index contributed by atoms with van der Waals surface area (Å²) in [6.07, 6.45) is 0.309. The average molecular weight is 311 g/mol. The van der Waals surface area contributed by atoms with Crippen molar-refractivity contribution in [3.05, 3.63) is 45.6 Å². The molecule has 0 aliphatic rings. The van der Waals surface area contributed by atoms with Crippen LogP contribution in [0.5, 0.6) is 5.75 Å². The van der Waals surface area contributed by atoms with E-state index in [1.807, 2.05) is 12.1 Å².